The lowest BCUT2D eigenvalue weighted by Crippen LogP contribution is -2.22. The van der Waals surface area contributed by atoms with E-state index in [1.54, 1.807) is 0 Å². The first-order valence-corrected chi connectivity index (χ1v) is 9.42. The minimum atomic E-state index is -3.72. The fraction of sp³-hybridized carbons (Fsp3) is 0.143. The van der Waals surface area contributed by atoms with Crippen molar-refractivity contribution in [3.63, 3.8) is 0 Å². The van der Waals surface area contributed by atoms with Gasteiger partial charge in [0.05, 0.1) is 14.7 Å². The maximum absolute atomic E-state index is 12.1. The van der Waals surface area contributed by atoms with E-state index in [9.17, 15) is 18.5 Å². The lowest BCUT2D eigenvalue weighted by atomic mass is 10.3. The Balaban J connectivity index is 2.50. The summed E-state index contributed by atoms with van der Waals surface area (Å²) < 4.78 is 26.1. The van der Waals surface area contributed by atoms with Crippen molar-refractivity contribution < 1.29 is 13.3 Å². The Hall–Kier alpha value is -1.42. The number of hydrogen-bond donors (Lipinski definition) is 0. The van der Waals surface area contributed by atoms with E-state index in [0.29, 0.717) is 4.90 Å². The third kappa shape index (κ3) is 3.92. The fourth-order valence-corrected chi connectivity index (χ4v) is 4.12. The number of nitrogens with zero attached hydrogens (tertiary/aromatic N) is 2. The van der Waals surface area contributed by atoms with Crippen molar-refractivity contribution in [2.45, 2.75) is 14.7 Å². The van der Waals surface area contributed by atoms with Crippen LogP contribution in [0.15, 0.2) is 61.6 Å². The van der Waals surface area contributed by atoms with Gasteiger partial charge >= 0.3 is 0 Å². The molecule has 0 bridgehead atoms. The SMILES string of the molecule is CN(C)S(=O)(=O)c1ccc(Sc2ccccc2Br)c([N+](=O)[O-])c1. The van der Waals surface area contributed by atoms with Crippen LogP contribution < -0.4 is 0 Å². The molecule has 0 N–H and O–H groups in total. The number of nitro benzene ring substituents is 1. The van der Waals surface area contributed by atoms with Gasteiger partial charge in [-0.15, -0.1) is 0 Å². The van der Waals surface area contributed by atoms with Crippen LogP contribution in [0.2, 0.25) is 0 Å². The fourth-order valence-electron chi connectivity index (χ4n) is 1.74. The first-order chi connectivity index (χ1) is 10.7. The molecule has 23 heavy (non-hydrogen) atoms. The van der Waals surface area contributed by atoms with Crippen molar-refractivity contribution in [2.75, 3.05) is 14.1 Å². The Bertz CT molecular complexity index is 854. The maximum atomic E-state index is 12.1. The topological polar surface area (TPSA) is 80.5 Å². The van der Waals surface area contributed by atoms with Crippen molar-refractivity contribution in [1.82, 2.24) is 4.31 Å². The number of sulfonamides is 1. The predicted octanol–water partition coefficient (Wildman–Crippen LogP) is 3.76. The molecule has 0 radical (unpaired) electrons. The zero-order chi connectivity index (χ0) is 17.2. The molecule has 0 atom stereocenters. The summed E-state index contributed by atoms with van der Waals surface area (Å²) in [4.78, 5) is 11.8. The van der Waals surface area contributed by atoms with E-state index >= 15 is 0 Å². The van der Waals surface area contributed by atoms with Gasteiger partial charge in [0.2, 0.25) is 10.0 Å². The second kappa shape index (κ2) is 7.00. The maximum Gasteiger partial charge on any atom is 0.284 e. The highest BCUT2D eigenvalue weighted by molar-refractivity contribution is 9.10. The van der Waals surface area contributed by atoms with Crippen molar-refractivity contribution in [1.29, 1.82) is 0 Å². The van der Waals surface area contributed by atoms with Crippen molar-refractivity contribution >= 4 is 43.4 Å². The largest absolute Gasteiger partial charge is 0.284 e. The zero-order valence-corrected chi connectivity index (χ0v) is 15.5. The van der Waals surface area contributed by atoms with Crippen LogP contribution in [0.1, 0.15) is 0 Å². The molecule has 0 amide bonds. The summed E-state index contributed by atoms with van der Waals surface area (Å²) in [5.41, 5.74) is -0.242. The Morgan fingerprint density at radius 3 is 2.35 bits per heavy atom. The van der Waals surface area contributed by atoms with Gasteiger partial charge in [0.25, 0.3) is 5.69 Å². The van der Waals surface area contributed by atoms with Crippen molar-refractivity contribution in [3.8, 4) is 0 Å². The summed E-state index contributed by atoms with van der Waals surface area (Å²) in [7, 11) is -0.961. The van der Waals surface area contributed by atoms with Gasteiger partial charge in [-0.2, -0.15) is 0 Å². The molecule has 9 heteroatoms. The molecule has 0 aromatic heterocycles. The van der Waals surface area contributed by atoms with Gasteiger partial charge in [-0.3, -0.25) is 10.1 Å². The molecule has 0 unspecified atom stereocenters. The Morgan fingerprint density at radius 2 is 1.78 bits per heavy atom. The number of benzene rings is 2. The smallest absolute Gasteiger partial charge is 0.258 e. The van der Waals surface area contributed by atoms with Crippen LogP contribution >= 0.6 is 27.7 Å². The second-order valence-corrected chi connectivity index (χ2v) is 8.80. The first kappa shape index (κ1) is 17.9. The second-order valence-electron chi connectivity index (χ2n) is 4.71. The summed E-state index contributed by atoms with van der Waals surface area (Å²) in [6.07, 6.45) is 0. The van der Waals surface area contributed by atoms with E-state index in [0.717, 1.165) is 19.7 Å². The van der Waals surface area contributed by atoms with Gasteiger partial charge in [-0.05, 0) is 40.2 Å². The molecule has 0 heterocycles. The van der Waals surface area contributed by atoms with E-state index in [1.165, 1.54) is 38.0 Å². The molecule has 0 aliphatic rings. The molecule has 122 valence electrons. The summed E-state index contributed by atoms with van der Waals surface area (Å²) in [6, 6.07) is 11.2. The molecule has 0 saturated heterocycles. The normalized spacial score (nSPS) is 11.7. The van der Waals surface area contributed by atoms with Crippen LogP contribution in [0.4, 0.5) is 5.69 Å². The molecular weight excluding hydrogens is 404 g/mol. The number of halogens is 1. The standard InChI is InChI=1S/C14H13BrN2O4S2/c1-16(2)23(20,21)10-7-8-14(12(9-10)17(18)19)22-13-6-4-3-5-11(13)15/h3-9H,1-2H3. The highest BCUT2D eigenvalue weighted by Crippen LogP contribution is 2.39. The highest BCUT2D eigenvalue weighted by atomic mass is 79.9. The molecule has 2 aromatic carbocycles. The Morgan fingerprint density at radius 1 is 1.13 bits per heavy atom. The van der Waals surface area contributed by atoms with Gasteiger partial charge in [0, 0.05) is 29.5 Å². The van der Waals surface area contributed by atoms with E-state index in [-0.39, 0.29) is 10.6 Å². The van der Waals surface area contributed by atoms with Gasteiger partial charge in [-0.1, -0.05) is 23.9 Å². The molecule has 2 aromatic rings. The quantitative estimate of drug-likeness (QED) is 0.547. The van der Waals surface area contributed by atoms with Crippen LogP contribution in [0.3, 0.4) is 0 Å². The summed E-state index contributed by atoms with van der Waals surface area (Å²) in [5, 5.41) is 11.3. The molecule has 0 aliphatic heterocycles. The van der Waals surface area contributed by atoms with E-state index in [1.807, 2.05) is 24.3 Å². The van der Waals surface area contributed by atoms with Gasteiger partial charge in [0.15, 0.2) is 0 Å². The van der Waals surface area contributed by atoms with Crippen LogP contribution in [0, 0.1) is 10.1 Å². The monoisotopic (exact) mass is 416 g/mol. The van der Waals surface area contributed by atoms with Crippen molar-refractivity contribution in [3.05, 3.63) is 57.1 Å². The summed E-state index contributed by atoms with van der Waals surface area (Å²) in [6.45, 7) is 0. The van der Waals surface area contributed by atoms with Crippen molar-refractivity contribution in [2.24, 2.45) is 0 Å². The summed E-state index contributed by atoms with van der Waals surface area (Å²) >= 11 is 4.59. The zero-order valence-electron chi connectivity index (χ0n) is 12.3. The van der Waals surface area contributed by atoms with E-state index in [2.05, 4.69) is 15.9 Å². The first-order valence-electron chi connectivity index (χ1n) is 6.37. The number of hydrogen-bond acceptors (Lipinski definition) is 5. The molecule has 0 saturated carbocycles. The lowest BCUT2D eigenvalue weighted by Gasteiger charge is -2.12. The predicted molar refractivity (Wildman–Crippen MR) is 92.2 cm³/mol. The van der Waals surface area contributed by atoms with Crippen LogP contribution in [0.5, 0.6) is 0 Å². The number of rotatable bonds is 5. The lowest BCUT2D eigenvalue weighted by molar-refractivity contribution is -0.388. The molecule has 2 rings (SSSR count). The van der Waals surface area contributed by atoms with Gasteiger partial charge in [0.1, 0.15) is 0 Å². The van der Waals surface area contributed by atoms with Gasteiger partial charge in [-0.25, -0.2) is 12.7 Å². The Labute approximate surface area is 146 Å². The summed E-state index contributed by atoms with van der Waals surface area (Å²) in [5.74, 6) is 0. The number of nitro groups is 1. The van der Waals surface area contributed by atoms with Crippen LogP contribution in [0.25, 0.3) is 0 Å². The third-order valence-electron chi connectivity index (χ3n) is 2.96. The minimum Gasteiger partial charge on any atom is -0.258 e. The molecular formula is C14H13BrN2O4S2. The minimum absolute atomic E-state index is 0.106. The van der Waals surface area contributed by atoms with E-state index < -0.39 is 14.9 Å². The highest BCUT2D eigenvalue weighted by Gasteiger charge is 2.23. The average molecular weight is 417 g/mol. The third-order valence-corrected chi connectivity index (χ3v) is 6.87. The van der Waals surface area contributed by atoms with Crippen LogP contribution in [-0.4, -0.2) is 31.7 Å². The average Bonchev–Trinajstić information content (AvgIpc) is 2.49. The van der Waals surface area contributed by atoms with Crippen LogP contribution in [-0.2, 0) is 10.0 Å². The van der Waals surface area contributed by atoms with E-state index in [4.69, 9.17) is 0 Å². The molecule has 0 aliphatic carbocycles. The molecule has 0 spiro atoms. The van der Waals surface area contributed by atoms with Gasteiger partial charge < -0.3 is 0 Å². The molecule has 0 fully saturated rings. The molecule has 6 nitrogen and oxygen atoms in total. The Kier molecular flexibility index (Phi) is 5.45.